The summed E-state index contributed by atoms with van der Waals surface area (Å²) >= 11 is 0. The zero-order valence-electron chi connectivity index (χ0n) is 16.2. The predicted octanol–water partition coefficient (Wildman–Crippen LogP) is 2.98. The Hall–Kier alpha value is -2.86. The third-order valence-electron chi connectivity index (χ3n) is 4.88. The van der Waals surface area contributed by atoms with Crippen LogP contribution in [0.4, 0.5) is 5.69 Å². The van der Waals surface area contributed by atoms with Gasteiger partial charge in [-0.3, -0.25) is 9.59 Å². The minimum atomic E-state index is -0.543. The highest BCUT2D eigenvalue weighted by atomic mass is 16.5. The Kier molecular flexibility index (Phi) is 7.03. The third kappa shape index (κ3) is 5.33. The molecular weight excluding hydrogens is 354 g/mol. The maximum absolute atomic E-state index is 12.9. The lowest BCUT2D eigenvalue weighted by Crippen LogP contribution is -2.36. The van der Waals surface area contributed by atoms with Crippen molar-refractivity contribution < 1.29 is 14.3 Å². The molecule has 0 aliphatic carbocycles. The van der Waals surface area contributed by atoms with E-state index in [1.165, 1.54) is 0 Å². The van der Waals surface area contributed by atoms with Crippen LogP contribution in [0.5, 0.6) is 5.75 Å². The molecule has 1 fully saturated rings. The SMILES string of the molecule is COc1cccc(NC(=O)[C@H](NCCC(=O)N2CCCC2)c2ccccc2)c1. The molecule has 1 heterocycles. The van der Waals surface area contributed by atoms with E-state index in [1.807, 2.05) is 53.4 Å². The van der Waals surface area contributed by atoms with E-state index in [2.05, 4.69) is 10.6 Å². The maximum Gasteiger partial charge on any atom is 0.246 e. The molecular formula is C22H27N3O3. The Labute approximate surface area is 165 Å². The van der Waals surface area contributed by atoms with Gasteiger partial charge in [-0.25, -0.2) is 0 Å². The topological polar surface area (TPSA) is 70.7 Å². The van der Waals surface area contributed by atoms with Crippen molar-refractivity contribution in [2.45, 2.75) is 25.3 Å². The molecule has 2 aromatic carbocycles. The van der Waals surface area contributed by atoms with Gasteiger partial charge >= 0.3 is 0 Å². The van der Waals surface area contributed by atoms with Gasteiger partial charge in [0.2, 0.25) is 11.8 Å². The van der Waals surface area contributed by atoms with Gasteiger partial charge in [0.05, 0.1) is 7.11 Å². The molecule has 0 radical (unpaired) electrons. The standard InChI is InChI=1S/C22H27N3O3/c1-28-19-11-7-10-18(16-19)24-22(27)21(17-8-3-2-4-9-17)23-13-12-20(26)25-14-5-6-15-25/h2-4,7-11,16,21,23H,5-6,12-15H2,1H3,(H,24,27)/t21-/m1/s1. The Bertz CT molecular complexity index is 789. The highest BCUT2D eigenvalue weighted by Crippen LogP contribution is 2.20. The number of ether oxygens (including phenoxy) is 1. The fourth-order valence-corrected chi connectivity index (χ4v) is 3.37. The van der Waals surface area contributed by atoms with Crippen LogP contribution in [0, 0.1) is 0 Å². The molecule has 1 aliphatic heterocycles. The molecule has 148 valence electrons. The lowest BCUT2D eigenvalue weighted by Gasteiger charge is -2.20. The first-order valence-corrected chi connectivity index (χ1v) is 9.68. The number of anilines is 1. The summed E-state index contributed by atoms with van der Waals surface area (Å²) in [6.07, 6.45) is 2.54. The Morgan fingerprint density at radius 2 is 1.82 bits per heavy atom. The number of carbonyl (C=O) groups is 2. The lowest BCUT2D eigenvalue weighted by atomic mass is 10.1. The molecule has 2 N–H and O–H groups in total. The number of methoxy groups -OCH3 is 1. The van der Waals surface area contributed by atoms with E-state index >= 15 is 0 Å². The van der Waals surface area contributed by atoms with Crippen molar-refractivity contribution in [2.75, 3.05) is 32.1 Å². The molecule has 0 aromatic heterocycles. The number of hydrogen-bond acceptors (Lipinski definition) is 4. The van der Waals surface area contributed by atoms with Crippen molar-refractivity contribution in [3.63, 3.8) is 0 Å². The quantitative estimate of drug-likeness (QED) is 0.738. The van der Waals surface area contributed by atoms with Gasteiger partial charge in [-0.1, -0.05) is 36.4 Å². The van der Waals surface area contributed by atoms with Crippen LogP contribution >= 0.6 is 0 Å². The minimum Gasteiger partial charge on any atom is -0.497 e. The fraction of sp³-hybridized carbons (Fsp3) is 0.364. The van der Waals surface area contributed by atoms with E-state index in [0.717, 1.165) is 31.5 Å². The monoisotopic (exact) mass is 381 g/mol. The summed E-state index contributed by atoms with van der Waals surface area (Å²) in [6, 6.07) is 16.2. The molecule has 6 nitrogen and oxygen atoms in total. The zero-order chi connectivity index (χ0) is 19.8. The number of benzene rings is 2. The second-order valence-corrected chi connectivity index (χ2v) is 6.86. The first-order valence-electron chi connectivity index (χ1n) is 9.68. The number of likely N-dealkylation sites (tertiary alicyclic amines) is 1. The number of carbonyl (C=O) groups excluding carboxylic acids is 2. The molecule has 0 unspecified atom stereocenters. The molecule has 2 amide bonds. The van der Waals surface area contributed by atoms with Gasteiger partial charge in [0.15, 0.2) is 0 Å². The molecule has 28 heavy (non-hydrogen) atoms. The van der Waals surface area contributed by atoms with Crippen LogP contribution in [0.3, 0.4) is 0 Å². The summed E-state index contributed by atoms with van der Waals surface area (Å²) in [5, 5.41) is 6.18. The second-order valence-electron chi connectivity index (χ2n) is 6.86. The van der Waals surface area contributed by atoms with Crippen LogP contribution in [0.2, 0.25) is 0 Å². The lowest BCUT2D eigenvalue weighted by molar-refractivity contribution is -0.130. The van der Waals surface area contributed by atoms with E-state index in [4.69, 9.17) is 4.74 Å². The number of nitrogens with zero attached hydrogens (tertiary/aromatic N) is 1. The summed E-state index contributed by atoms with van der Waals surface area (Å²) in [7, 11) is 1.59. The Morgan fingerprint density at radius 1 is 1.07 bits per heavy atom. The Morgan fingerprint density at radius 3 is 2.54 bits per heavy atom. The van der Waals surface area contributed by atoms with Crippen molar-refractivity contribution in [3.8, 4) is 5.75 Å². The largest absolute Gasteiger partial charge is 0.497 e. The summed E-state index contributed by atoms with van der Waals surface area (Å²) in [5.41, 5.74) is 1.52. The highest BCUT2D eigenvalue weighted by Gasteiger charge is 2.22. The number of nitrogens with one attached hydrogen (secondary N) is 2. The second kappa shape index (κ2) is 9.90. The zero-order valence-corrected chi connectivity index (χ0v) is 16.2. The molecule has 3 rings (SSSR count). The van der Waals surface area contributed by atoms with Crippen molar-refractivity contribution in [2.24, 2.45) is 0 Å². The van der Waals surface area contributed by atoms with Crippen molar-refractivity contribution in [1.82, 2.24) is 10.2 Å². The van der Waals surface area contributed by atoms with Crippen LogP contribution in [0.15, 0.2) is 54.6 Å². The summed E-state index contributed by atoms with van der Waals surface area (Å²) in [6.45, 7) is 2.13. The first kappa shape index (κ1) is 19.9. The average molecular weight is 381 g/mol. The number of hydrogen-bond donors (Lipinski definition) is 2. The number of rotatable bonds is 8. The summed E-state index contributed by atoms with van der Waals surface area (Å²) in [4.78, 5) is 27.1. The normalized spacial score (nSPS) is 14.5. The van der Waals surface area contributed by atoms with Gasteiger partial charge in [0, 0.05) is 37.8 Å². The number of amides is 2. The fourth-order valence-electron chi connectivity index (χ4n) is 3.37. The van der Waals surface area contributed by atoms with Gasteiger partial charge in [0.1, 0.15) is 11.8 Å². The van der Waals surface area contributed by atoms with Gasteiger partial charge in [0.25, 0.3) is 0 Å². The van der Waals surface area contributed by atoms with Crippen LogP contribution in [0.25, 0.3) is 0 Å². The van der Waals surface area contributed by atoms with Gasteiger partial charge in [-0.05, 0) is 30.5 Å². The van der Waals surface area contributed by atoms with Crippen molar-refractivity contribution in [3.05, 3.63) is 60.2 Å². The maximum atomic E-state index is 12.9. The van der Waals surface area contributed by atoms with E-state index in [9.17, 15) is 9.59 Å². The van der Waals surface area contributed by atoms with Gasteiger partial charge < -0.3 is 20.3 Å². The van der Waals surface area contributed by atoms with Gasteiger partial charge in [-0.2, -0.15) is 0 Å². The molecule has 6 heteroatoms. The summed E-state index contributed by atoms with van der Waals surface area (Å²) in [5.74, 6) is 0.649. The van der Waals surface area contributed by atoms with Crippen LogP contribution in [0.1, 0.15) is 30.9 Å². The molecule has 0 bridgehead atoms. The van der Waals surface area contributed by atoms with Crippen LogP contribution in [-0.4, -0.2) is 43.5 Å². The van der Waals surface area contributed by atoms with E-state index in [-0.39, 0.29) is 11.8 Å². The van der Waals surface area contributed by atoms with Crippen molar-refractivity contribution >= 4 is 17.5 Å². The van der Waals surface area contributed by atoms with E-state index < -0.39 is 6.04 Å². The molecule has 1 saturated heterocycles. The van der Waals surface area contributed by atoms with E-state index in [0.29, 0.717) is 24.4 Å². The highest BCUT2D eigenvalue weighted by molar-refractivity contribution is 5.95. The average Bonchev–Trinajstić information content (AvgIpc) is 3.27. The summed E-state index contributed by atoms with van der Waals surface area (Å²) < 4.78 is 5.21. The third-order valence-corrected chi connectivity index (χ3v) is 4.88. The molecule has 0 spiro atoms. The smallest absolute Gasteiger partial charge is 0.246 e. The Balaban J connectivity index is 1.64. The predicted molar refractivity (Wildman–Crippen MR) is 109 cm³/mol. The van der Waals surface area contributed by atoms with Crippen LogP contribution in [-0.2, 0) is 9.59 Å². The van der Waals surface area contributed by atoms with Crippen molar-refractivity contribution in [1.29, 1.82) is 0 Å². The minimum absolute atomic E-state index is 0.144. The van der Waals surface area contributed by atoms with E-state index in [1.54, 1.807) is 13.2 Å². The molecule has 1 aliphatic rings. The van der Waals surface area contributed by atoms with Gasteiger partial charge in [-0.15, -0.1) is 0 Å². The molecule has 2 aromatic rings. The van der Waals surface area contributed by atoms with Crippen LogP contribution < -0.4 is 15.4 Å². The molecule has 1 atom stereocenters. The first-order chi connectivity index (χ1) is 13.7. The molecule has 0 saturated carbocycles.